The molecular formula is C23H38O5. The Morgan fingerprint density at radius 3 is 2.61 bits per heavy atom. The van der Waals surface area contributed by atoms with Crippen molar-refractivity contribution in [2.24, 2.45) is 23.2 Å². The summed E-state index contributed by atoms with van der Waals surface area (Å²) in [7, 11) is 1.43. The Morgan fingerprint density at radius 2 is 1.93 bits per heavy atom. The molecule has 0 amide bonds. The molecule has 5 heteroatoms. The van der Waals surface area contributed by atoms with Crippen molar-refractivity contribution in [3.63, 3.8) is 0 Å². The molecule has 0 aromatic rings. The summed E-state index contributed by atoms with van der Waals surface area (Å²) < 4.78 is 4.86. The van der Waals surface area contributed by atoms with Crippen molar-refractivity contribution in [1.82, 2.24) is 0 Å². The number of aliphatic hydroxyl groups is 3. The maximum absolute atomic E-state index is 11.7. The van der Waals surface area contributed by atoms with Gasteiger partial charge in [-0.3, -0.25) is 4.79 Å². The zero-order chi connectivity index (χ0) is 20.7. The summed E-state index contributed by atoms with van der Waals surface area (Å²) in [6, 6.07) is 0. The van der Waals surface area contributed by atoms with Gasteiger partial charge in [-0.2, -0.15) is 0 Å². The van der Waals surface area contributed by atoms with Crippen molar-refractivity contribution in [1.29, 1.82) is 0 Å². The highest BCUT2D eigenvalue weighted by Gasteiger charge is 2.56. The summed E-state index contributed by atoms with van der Waals surface area (Å²) >= 11 is 0. The fraction of sp³-hybridized carbons (Fsp3) is 0.783. The Bertz CT molecular complexity index is 557. The highest BCUT2D eigenvalue weighted by Crippen LogP contribution is 2.55. The summed E-state index contributed by atoms with van der Waals surface area (Å²) in [5, 5.41) is 30.7. The number of carbonyl (C=O) groups excluding carboxylic acids is 1. The van der Waals surface area contributed by atoms with E-state index in [1.807, 2.05) is 13.0 Å². The lowest BCUT2D eigenvalue weighted by atomic mass is 9.89. The van der Waals surface area contributed by atoms with Crippen LogP contribution in [0.3, 0.4) is 0 Å². The van der Waals surface area contributed by atoms with E-state index >= 15 is 0 Å². The second kappa shape index (κ2) is 10.6. The van der Waals surface area contributed by atoms with Gasteiger partial charge in [0.25, 0.3) is 0 Å². The van der Waals surface area contributed by atoms with E-state index in [1.54, 1.807) is 6.08 Å². The summed E-state index contributed by atoms with van der Waals surface area (Å²) in [4.78, 5) is 11.7. The van der Waals surface area contributed by atoms with Gasteiger partial charge in [-0.15, -0.1) is 0 Å². The fourth-order valence-electron chi connectivity index (χ4n) is 4.46. The van der Waals surface area contributed by atoms with Crippen LogP contribution < -0.4 is 0 Å². The van der Waals surface area contributed by atoms with Crippen LogP contribution in [0, 0.1) is 23.2 Å². The molecule has 2 aliphatic carbocycles. The number of unbranched alkanes of at least 4 members (excludes halogenated alkanes) is 2. The first-order valence-electron chi connectivity index (χ1n) is 10.8. The highest BCUT2D eigenvalue weighted by molar-refractivity contribution is 5.80. The number of methoxy groups -OCH3 is 1. The molecule has 2 aliphatic rings. The van der Waals surface area contributed by atoms with Crippen molar-refractivity contribution >= 4 is 5.97 Å². The molecule has 0 aromatic carbocycles. The van der Waals surface area contributed by atoms with E-state index in [9.17, 15) is 20.1 Å². The molecule has 2 fully saturated rings. The number of rotatable bonds is 11. The number of aliphatic hydroxyl groups excluding tert-OH is 3. The van der Waals surface area contributed by atoms with Crippen LogP contribution in [0.1, 0.15) is 65.2 Å². The summed E-state index contributed by atoms with van der Waals surface area (Å²) in [5.41, 5.74) is -0.346. The van der Waals surface area contributed by atoms with Crippen molar-refractivity contribution in [3.05, 3.63) is 24.3 Å². The average molecular weight is 395 g/mol. The highest BCUT2D eigenvalue weighted by atomic mass is 16.5. The van der Waals surface area contributed by atoms with E-state index in [0.29, 0.717) is 18.8 Å². The molecular weight excluding hydrogens is 356 g/mol. The van der Waals surface area contributed by atoms with Gasteiger partial charge in [-0.25, -0.2) is 0 Å². The van der Waals surface area contributed by atoms with E-state index in [4.69, 9.17) is 4.74 Å². The first kappa shape index (κ1) is 23.1. The predicted molar refractivity (Wildman–Crippen MR) is 110 cm³/mol. The smallest absolute Gasteiger partial charge is 0.311 e. The lowest BCUT2D eigenvalue weighted by Gasteiger charge is -2.19. The third-order valence-corrected chi connectivity index (χ3v) is 6.63. The van der Waals surface area contributed by atoms with Gasteiger partial charge in [0, 0.05) is 12.3 Å². The van der Waals surface area contributed by atoms with Crippen LogP contribution in [-0.2, 0) is 9.53 Å². The van der Waals surface area contributed by atoms with Gasteiger partial charge >= 0.3 is 5.97 Å². The predicted octanol–water partition coefficient (Wildman–Crippen LogP) is 3.38. The van der Waals surface area contributed by atoms with Crippen molar-refractivity contribution < 1.29 is 24.9 Å². The topological polar surface area (TPSA) is 87.0 Å². The number of hydrogen-bond donors (Lipinski definition) is 3. The van der Waals surface area contributed by atoms with E-state index in [-0.39, 0.29) is 23.2 Å². The molecule has 28 heavy (non-hydrogen) atoms. The SMILES string of the molecule is CCCCC[C@H](O)C=C[C@@H]1[C@@H](CC=CC[C@@H]2C[C@@]2(C)C(=O)OC)[C@@H](O)C[C@H]1O. The van der Waals surface area contributed by atoms with Crippen LogP contribution in [0.4, 0.5) is 0 Å². The van der Waals surface area contributed by atoms with Gasteiger partial charge in [0.2, 0.25) is 0 Å². The van der Waals surface area contributed by atoms with Crippen molar-refractivity contribution in [2.45, 2.75) is 83.5 Å². The van der Waals surface area contributed by atoms with Crippen LogP contribution in [-0.4, -0.2) is 46.7 Å². The van der Waals surface area contributed by atoms with Crippen molar-refractivity contribution in [2.75, 3.05) is 7.11 Å². The summed E-state index contributed by atoms with van der Waals surface area (Å²) in [6.07, 6.45) is 12.9. The number of esters is 1. The minimum Gasteiger partial charge on any atom is -0.469 e. The minimum absolute atomic E-state index is 0.0449. The molecule has 0 saturated heterocycles. The van der Waals surface area contributed by atoms with Crippen LogP contribution in [0.25, 0.3) is 0 Å². The summed E-state index contributed by atoms with van der Waals surface area (Å²) in [5.74, 6) is 0.00505. The van der Waals surface area contributed by atoms with Gasteiger partial charge < -0.3 is 20.1 Å². The number of ether oxygens (including phenoxy) is 1. The Labute approximate surface area is 169 Å². The van der Waals surface area contributed by atoms with E-state index < -0.39 is 18.3 Å². The number of carbonyl (C=O) groups is 1. The van der Waals surface area contributed by atoms with Crippen molar-refractivity contribution in [3.8, 4) is 0 Å². The Hall–Kier alpha value is -1.17. The van der Waals surface area contributed by atoms with Gasteiger partial charge in [-0.05, 0) is 44.4 Å². The molecule has 0 spiro atoms. The first-order valence-corrected chi connectivity index (χ1v) is 10.8. The monoisotopic (exact) mass is 394 g/mol. The molecule has 0 bridgehead atoms. The molecule has 0 unspecified atom stereocenters. The maximum atomic E-state index is 11.7. The lowest BCUT2D eigenvalue weighted by molar-refractivity contribution is -0.146. The minimum atomic E-state index is -0.571. The molecule has 2 rings (SSSR count). The Balaban J connectivity index is 1.82. The molecule has 0 aromatic heterocycles. The second-order valence-electron chi connectivity index (χ2n) is 8.81. The zero-order valence-corrected chi connectivity index (χ0v) is 17.6. The quantitative estimate of drug-likeness (QED) is 0.284. The zero-order valence-electron chi connectivity index (χ0n) is 17.6. The van der Waals surface area contributed by atoms with Gasteiger partial charge in [0.15, 0.2) is 0 Å². The van der Waals surface area contributed by atoms with E-state index in [2.05, 4.69) is 19.1 Å². The molecule has 160 valence electrons. The Morgan fingerprint density at radius 1 is 1.21 bits per heavy atom. The molecule has 2 saturated carbocycles. The number of hydrogen-bond acceptors (Lipinski definition) is 5. The third-order valence-electron chi connectivity index (χ3n) is 6.63. The van der Waals surface area contributed by atoms with Gasteiger partial charge in [0.1, 0.15) is 0 Å². The molecule has 0 heterocycles. The third kappa shape index (κ3) is 5.91. The summed E-state index contributed by atoms with van der Waals surface area (Å²) in [6.45, 7) is 4.08. The van der Waals surface area contributed by atoms with Crippen LogP contribution in [0.2, 0.25) is 0 Å². The molecule has 0 aliphatic heterocycles. The maximum Gasteiger partial charge on any atom is 0.311 e. The molecule has 7 atom stereocenters. The van der Waals surface area contributed by atoms with E-state index in [1.165, 1.54) is 7.11 Å². The lowest BCUT2D eigenvalue weighted by Crippen LogP contribution is -2.20. The standard InChI is InChI=1S/C23H38O5/c1-4-5-6-10-17(24)12-13-19-18(20(25)14-21(19)26)11-8-7-9-16-15-23(16,2)22(27)28-3/h7-8,12-13,16-21,24-26H,4-6,9-11,14-15H2,1-3H3/t16-,17+,18-,19-,20+,21-,23-/m1/s1. The van der Waals surface area contributed by atoms with Gasteiger partial charge in [-0.1, -0.05) is 50.5 Å². The molecule has 0 radical (unpaired) electrons. The molecule has 5 nitrogen and oxygen atoms in total. The van der Waals surface area contributed by atoms with Crippen LogP contribution >= 0.6 is 0 Å². The van der Waals surface area contributed by atoms with Gasteiger partial charge in [0.05, 0.1) is 30.8 Å². The van der Waals surface area contributed by atoms with Crippen LogP contribution in [0.5, 0.6) is 0 Å². The second-order valence-corrected chi connectivity index (χ2v) is 8.81. The number of allylic oxidation sites excluding steroid dienone is 2. The first-order chi connectivity index (χ1) is 13.3. The van der Waals surface area contributed by atoms with E-state index in [0.717, 1.165) is 38.5 Å². The normalized spacial score (nSPS) is 36.3. The average Bonchev–Trinajstić information content (AvgIpc) is 3.25. The Kier molecular flexibility index (Phi) is 8.72. The fourth-order valence-corrected chi connectivity index (χ4v) is 4.46. The largest absolute Gasteiger partial charge is 0.469 e. The molecule has 3 N–H and O–H groups in total. The van der Waals surface area contributed by atoms with Crippen LogP contribution in [0.15, 0.2) is 24.3 Å².